The molecule has 7 heteroatoms. The summed E-state index contributed by atoms with van der Waals surface area (Å²) in [5, 5.41) is 3.54. The molecular weight excluding hydrogens is 396 g/mol. The third-order valence-electron chi connectivity index (χ3n) is 7.41. The van der Waals surface area contributed by atoms with Crippen LogP contribution in [0.5, 0.6) is 0 Å². The Morgan fingerprint density at radius 3 is 2.21 bits per heavy atom. The summed E-state index contributed by atoms with van der Waals surface area (Å²) < 4.78 is 27.2. The smallest absolute Gasteiger partial charge is 0.253 e. The number of hydrogen-bond acceptors (Lipinski definition) is 3. The Balaban J connectivity index is 1.38. The minimum Gasteiger partial charge on any atom is -0.349 e. The highest BCUT2D eigenvalue weighted by atomic mass is 35.5. The van der Waals surface area contributed by atoms with Crippen molar-refractivity contribution in [3.05, 3.63) is 28.8 Å². The van der Waals surface area contributed by atoms with Gasteiger partial charge in [-0.15, -0.1) is 0 Å². The predicted octanol–water partition coefficient (Wildman–Crippen LogP) is 3.68. The number of rotatable bonds is 4. The van der Waals surface area contributed by atoms with Crippen molar-refractivity contribution in [3.63, 3.8) is 0 Å². The van der Waals surface area contributed by atoms with Crippen molar-refractivity contribution in [3.8, 4) is 0 Å². The number of hydrogen-bond donors (Lipinski definition) is 1. The third-order valence-corrected chi connectivity index (χ3v) is 9.63. The van der Waals surface area contributed by atoms with Crippen LogP contribution >= 0.6 is 11.6 Å². The van der Waals surface area contributed by atoms with E-state index in [0.717, 1.165) is 24.7 Å². The molecule has 1 N–H and O–H groups in total. The van der Waals surface area contributed by atoms with E-state index in [9.17, 15) is 13.2 Å². The monoisotopic (exact) mass is 422 g/mol. The van der Waals surface area contributed by atoms with Crippen LogP contribution in [0.4, 0.5) is 0 Å². The lowest BCUT2D eigenvalue weighted by Gasteiger charge is -2.54. The van der Waals surface area contributed by atoms with Crippen molar-refractivity contribution < 1.29 is 13.2 Å². The maximum absolute atomic E-state index is 13.1. The average molecular weight is 423 g/mol. The highest BCUT2D eigenvalue weighted by Crippen LogP contribution is 2.53. The SMILES string of the molecule is O=C(NC1C2CC3CC(C2)CC1C3)c1cc(S(=O)(=O)N2CCCC2)ccc1Cl. The average Bonchev–Trinajstić information content (AvgIpc) is 3.20. The van der Waals surface area contributed by atoms with Gasteiger partial charge in [-0.1, -0.05) is 11.6 Å². The molecule has 4 saturated carbocycles. The molecule has 0 aromatic heterocycles. The highest BCUT2D eigenvalue weighted by Gasteiger charge is 2.48. The molecule has 4 aliphatic carbocycles. The van der Waals surface area contributed by atoms with Crippen LogP contribution in [0, 0.1) is 23.7 Å². The normalized spacial score (nSPS) is 34.7. The van der Waals surface area contributed by atoms with Crippen molar-refractivity contribution >= 4 is 27.5 Å². The summed E-state index contributed by atoms with van der Waals surface area (Å²) in [6.45, 7) is 1.08. The van der Waals surface area contributed by atoms with E-state index >= 15 is 0 Å². The van der Waals surface area contributed by atoms with Gasteiger partial charge in [0.15, 0.2) is 0 Å². The van der Waals surface area contributed by atoms with Crippen LogP contribution in [-0.2, 0) is 10.0 Å². The Kier molecular flexibility index (Phi) is 4.72. The molecule has 5 nitrogen and oxygen atoms in total. The van der Waals surface area contributed by atoms with Crippen molar-refractivity contribution in [1.82, 2.24) is 9.62 Å². The highest BCUT2D eigenvalue weighted by molar-refractivity contribution is 7.89. The van der Waals surface area contributed by atoms with Gasteiger partial charge in [-0.3, -0.25) is 4.79 Å². The third kappa shape index (κ3) is 3.17. The van der Waals surface area contributed by atoms with Crippen molar-refractivity contribution in [2.24, 2.45) is 23.7 Å². The van der Waals surface area contributed by atoms with Gasteiger partial charge in [-0.25, -0.2) is 8.42 Å². The molecular formula is C21H27ClN2O3S. The first kappa shape index (κ1) is 18.9. The quantitative estimate of drug-likeness (QED) is 0.804. The van der Waals surface area contributed by atoms with E-state index in [0.29, 0.717) is 29.9 Å². The first-order valence-corrected chi connectivity index (χ1v) is 12.3. The van der Waals surface area contributed by atoms with Gasteiger partial charge in [-0.05, 0) is 86.8 Å². The molecule has 6 rings (SSSR count). The second-order valence-corrected chi connectivity index (χ2v) is 11.5. The van der Waals surface area contributed by atoms with Crippen LogP contribution in [0.2, 0.25) is 5.02 Å². The van der Waals surface area contributed by atoms with Crippen LogP contribution in [-0.4, -0.2) is 37.8 Å². The fourth-order valence-electron chi connectivity index (χ4n) is 6.31. The van der Waals surface area contributed by atoms with Gasteiger partial charge < -0.3 is 5.32 Å². The molecule has 0 atom stereocenters. The summed E-state index contributed by atoms with van der Waals surface area (Å²) in [5.74, 6) is 2.58. The summed E-state index contributed by atoms with van der Waals surface area (Å²) in [4.78, 5) is 13.2. The van der Waals surface area contributed by atoms with Gasteiger partial charge in [0.2, 0.25) is 10.0 Å². The molecule has 1 aromatic rings. The first-order chi connectivity index (χ1) is 13.4. The van der Waals surface area contributed by atoms with Crippen molar-refractivity contribution in [2.45, 2.75) is 55.9 Å². The Morgan fingerprint density at radius 1 is 1.00 bits per heavy atom. The molecule has 1 heterocycles. The minimum atomic E-state index is -3.57. The van der Waals surface area contributed by atoms with Crippen LogP contribution in [0.1, 0.15) is 55.3 Å². The molecule has 0 radical (unpaired) electrons. The van der Waals surface area contributed by atoms with Crippen LogP contribution in [0.25, 0.3) is 0 Å². The lowest BCUT2D eigenvalue weighted by Crippen LogP contribution is -2.55. The molecule has 1 aromatic carbocycles. The number of nitrogens with one attached hydrogen (secondary N) is 1. The fourth-order valence-corrected chi connectivity index (χ4v) is 8.05. The van der Waals surface area contributed by atoms with Gasteiger partial charge in [0.1, 0.15) is 0 Å². The summed E-state index contributed by atoms with van der Waals surface area (Å²) in [5.41, 5.74) is 0.274. The largest absolute Gasteiger partial charge is 0.349 e. The molecule has 28 heavy (non-hydrogen) atoms. The van der Waals surface area contributed by atoms with Gasteiger partial charge in [0.05, 0.1) is 15.5 Å². The van der Waals surface area contributed by atoms with Gasteiger partial charge in [-0.2, -0.15) is 4.31 Å². The number of nitrogens with zero attached hydrogens (tertiary/aromatic N) is 1. The summed E-state index contributed by atoms with van der Waals surface area (Å²) in [6.07, 6.45) is 8.00. The Labute approximate surface area is 171 Å². The lowest BCUT2D eigenvalue weighted by molar-refractivity contribution is -0.0119. The first-order valence-electron chi connectivity index (χ1n) is 10.5. The minimum absolute atomic E-state index is 0.161. The second kappa shape index (κ2) is 6.99. The van der Waals surface area contributed by atoms with Gasteiger partial charge in [0, 0.05) is 19.1 Å². The summed E-state index contributed by atoms with van der Waals surface area (Å²) in [7, 11) is -3.57. The summed E-state index contributed by atoms with van der Waals surface area (Å²) in [6, 6.07) is 4.71. The Morgan fingerprint density at radius 2 is 1.61 bits per heavy atom. The van der Waals surface area contributed by atoms with E-state index in [4.69, 9.17) is 11.6 Å². The number of carbonyl (C=O) groups is 1. The van der Waals surface area contributed by atoms with Crippen molar-refractivity contribution in [1.29, 1.82) is 0 Å². The van der Waals surface area contributed by atoms with E-state index in [1.807, 2.05) is 0 Å². The number of sulfonamides is 1. The zero-order valence-electron chi connectivity index (χ0n) is 15.9. The molecule has 1 aliphatic heterocycles. The zero-order chi connectivity index (χ0) is 19.5. The molecule has 4 bridgehead atoms. The van der Waals surface area contributed by atoms with E-state index in [-0.39, 0.29) is 22.4 Å². The lowest BCUT2D eigenvalue weighted by atomic mass is 9.54. The van der Waals surface area contributed by atoms with Crippen LogP contribution in [0.3, 0.4) is 0 Å². The number of amides is 1. The molecule has 152 valence electrons. The molecule has 0 spiro atoms. The van der Waals surface area contributed by atoms with Crippen LogP contribution < -0.4 is 5.32 Å². The van der Waals surface area contributed by atoms with E-state index in [2.05, 4.69) is 5.32 Å². The maximum Gasteiger partial charge on any atom is 0.253 e. The second-order valence-electron chi connectivity index (χ2n) is 9.18. The van der Waals surface area contributed by atoms with Gasteiger partial charge in [0.25, 0.3) is 5.91 Å². The van der Waals surface area contributed by atoms with Crippen LogP contribution in [0.15, 0.2) is 23.1 Å². The van der Waals surface area contributed by atoms with E-state index in [1.165, 1.54) is 54.6 Å². The summed E-state index contributed by atoms with van der Waals surface area (Å²) >= 11 is 6.30. The van der Waals surface area contributed by atoms with E-state index < -0.39 is 10.0 Å². The fraction of sp³-hybridized carbons (Fsp3) is 0.667. The zero-order valence-corrected chi connectivity index (χ0v) is 17.5. The topological polar surface area (TPSA) is 66.5 Å². The Bertz CT molecular complexity index is 867. The predicted molar refractivity (Wildman–Crippen MR) is 108 cm³/mol. The Hall–Kier alpha value is -1.11. The molecule has 5 fully saturated rings. The standard InChI is InChI=1S/C21H27ClN2O3S/c22-19-4-3-17(28(26,27)24-5-1-2-6-24)12-18(19)21(25)23-20-15-8-13-7-14(10-15)11-16(20)9-13/h3-4,12-16,20H,1-2,5-11H2,(H,23,25). The number of halogens is 1. The number of benzene rings is 1. The van der Waals surface area contributed by atoms with Crippen molar-refractivity contribution in [2.75, 3.05) is 13.1 Å². The molecule has 0 unspecified atom stereocenters. The molecule has 1 amide bonds. The number of carbonyl (C=O) groups excluding carboxylic acids is 1. The van der Waals surface area contributed by atoms with E-state index in [1.54, 1.807) is 0 Å². The maximum atomic E-state index is 13.1. The molecule has 5 aliphatic rings. The van der Waals surface area contributed by atoms with Gasteiger partial charge >= 0.3 is 0 Å². The molecule has 1 saturated heterocycles.